The average Bonchev–Trinajstić information content (AvgIpc) is 3.78. The van der Waals surface area contributed by atoms with E-state index in [9.17, 15) is 0 Å². The summed E-state index contributed by atoms with van der Waals surface area (Å²) in [7, 11) is 0. The topological polar surface area (TPSA) is 51.6 Å². The van der Waals surface area contributed by atoms with Gasteiger partial charge < -0.3 is 0 Å². The van der Waals surface area contributed by atoms with Crippen LogP contribution in [0.2, 0.25) is 0 Å². The number of unbranched alkanes of at least 4 members (excludes halogenated alkanes) is 14. The van der Waals surface area contributed by atoms with Crippen LogP contribution in [-0.4, -0.2) is 19.9 Å². The predicted octanol–water partition coefficient (Wildman–Crippen LogP) is 11.9. The van der Waals surface area contributed by atoms with Crippen LogP contribution in [0.25, 0.3) is 29.8 Å². The lowest BCUT2D eigenvalue weighted by Gasteiger charge is -2.02. The first kappa shape index (κ1) is 31.5. The van der Waals surface area contributed by atoms with E-state index in [-0.39, 0.29) is 0 Å². The van der Waals surface area contributed by atoms with Crippen molar-refractivity contribution in [3.05, 3.63) is 34.5 Å². The fourth-order valence-electron chi connectivity index (χ4n) is 5.08. The number of rotatable bonds is 21. The zero-order chi connectivity index (χ0) is 27.8. The molecule has 0 unspecified atom stereocenters. The van der Waals surface area contributed by atoms with E-state index in [1.54, 1.807) is 45.3 Å². The second-order valence-corrected chi connectivity index (χ2v) is 14.5. The van der Waals surface area contributed by atoms with Gasteiger partial charge in [-0.3, -0.25) is 0 Å². The van der Waals surface area contributed by atoms with Gasteiger partial charge in [-0.2, -0.15) is 0 Å². The summed E-state index contributed by atoms with van der Waals surface area (Å²) >= 11 is 6.98. The smallest absolute Gasteiger partial charge is 0.153 e. The van der Waals surface area contributed by atoms with Crippen LogP contribution < -0.4 is 0 Å². The van der Waals surface area contributed by atoms with E-state index in [4.69, 9.17) is 9.97 Å². The Bertz CT molecular complexity index is 1100. The molecule has 0 amide bonds. The SMILES string of the molecule is CCCCCCCCCCc1nc(-c2nc(CCCCCCCCCC)c(-c3nccs3)s2)sc1-c1nccs1. The highest BCUT2D eigenvalue weighted by atomic mass is 32.1. The van der Waals surface area contributed by atoms with Crippen molar-refractivity contribution in [2.75, 3.05) is 0 Å². The molecule has 4 heterocycles. The predicted molar refractivity (Wildman–Crippen MR) is 178 cm³/mol. The van der Waals surface area contributed by atoms with Crippen LogP contribution in [-0.2, 0) is 12.8 Å². The monoisotopic (exact) mass is 614 g/mol. The van der Waals surface area contributed by atoms with Crippen molar-refractivity contribution < 1.29 is 0 Å². The Hall–Kier alpha value is -1.48. The highest BCUT2D eigenvalue weighted by molar-refractivity contribution is 7.27. The Kier molecular flexibility index (Phi) is 14.3. The van der Waals surface area contributed by atoms with E-state index in [0.29, 0.717) is 0 Å². The normalized spacial score (nSPS) is 11.6. The summed E-state index contributed by atoms with van der Waals surface area (Å²) in [4.78, 5) is 22.2. The van der Waals surface area contributed by atoms with E-state index >= 15 is 0 Å². The fraction of sp³-hybridized carbons (Fsp3) is 0.625. The Balaban J connectivity index is 1.41. The third-order valence-electron chi connectivity index (χ3n) is 7.37. The van der Waals surface area contributed by atoms with Gasteiger partial charge in [0.15, 0.2) is 10.0 Å². The first-order valence-corrected chi connectivity index (χ1v) is 19.0. The molecule has 0 aliphatic heterocycles. The molecule has 0 aromatic carbocycles. The van der Waals surface area contributed by atoms with Gasteiger partial charge in [0.05, 0.1) is 21.1 Å². The molecular formula is C32H46N4S4. The van der Waals surface area contributed by atoms with Crippen molar-refractivity contribution in [2.45, 2.75) is 129 Å². The van der Waals surface area contributed by atoms with Crippen LogP contribution in [0.4, 0.5) is 0 Å². The summed E-state index contributed by atoms with van der Waals surface area (Å²) in [5.74, 6) is 0. The highest BCUT2D eigenvalue weighted by Crippen LogP contribution is 2.42. The molecule has 0 aliphatic rings. The number of thiazole rings is 4. The molecule has 0 fully saturated rings. The van der Waals surface area contributed by atoms with Crippen molar-refractivity contribution in [1.29, 1.82) is 0 Å². The molecular weight excluding hydrogens is 569 g/mol. The summed E-state index contributed by atoms with van der Waals surface area (Å²) in [5.41, 5.74) is 2.41. The molecule has 40 heavy (non-hydrogen) atoms. The Morgan fingerprint density at radius 2 is 0.850 bits per heavy atom. The van der Waals surface area contributed by atoms with Crippen LogP contribution in [0.15, 0.2) is 23.2 Å². The molecule has 0 saturated carbocycles. The maximum atomic E-state index is 5.19. The summed E-state index contributed by atoms with van der Waals surface area (Å²) in [6.07, 6.45) is 27.1. The Morgan fingerprint density at radius 1 is 0.475 bits per heavy atom. The summed E-state index contributed by atoms with van der Waals surface area (Å²) < 4.78 is 0. The van der Waals surface area contributed by atoms with Crippen molar-refractivity contribution in [3.63, 3.8) is 0 Å². The molecule has 0 atom stereocenters. The third kappa shape index (κ3) is 9.81. The van der Waals surface area contributed by atoms with E-state index in [2.05, 4.69) is 34.6 Å². The van der Waals surface area contributed by atoms with Gasteiger partial charge in [0, 0.05) is 23.2 Å². The largest absolute Gasteiger partial charge is 0.244 e. The standard InChI is InChI=1S/C32H46N4S4/c1-3-5-7-9-11-13-15-17-19-25-27(29-33-21-23-37-29)39-31(35-25)32-36-26(28(40-32)30-34-22-24-38-30)20-18-16-14-12-10-8-6-4-2/h21-24H,3-20H2,1-2H3. The van der Waals surface area contributed by atoms with E-state index in [1.165, 1.54) is 124 Å². The van der Waals surface area contributed by atoms with Crippen molar-refractivity contribution in [3.8, 4) is 29.8 Å². The molecule has 8 heteroatoms. The molecule has 4 aromatic heterocycles. The van der Waals surface area contributed by atoms with Crippen molar-refractivity contribution >= 4 is 45.3 Å². The first-order chi connectivity index (χ1) is 19.8. The van der Waals surface area contributed by atoms with Gasteiger partial charge in [-0.25, -0.2) is 19.9 Å². The van der Waals surface area contributed by atoms with Gasteiger partial charge in [0.25, 0.3) is 0 Å². The molecule has 0 aliphatic carbocycles. The number of hydrogen-bond donors (Lipinski definition) is 0. The summed E-state index contributed by atoms with van der Waals surface area (Å²) in [6.45, 7) is 4.57. The van der Waals surface area contributed by atoms with Crippen molar-refractivity contribution in [2.24, 2.45) is 0 Å². The number of aryl methyl sites for hydroxylation is 2. The van der Waals surface area contributed by atoms with Gasteiger partial charge in [-0.1, -0.05) is 104 Å². The quantitative estimate of drug-likeness (QED) is 0.0876. The number of aromatic nitrogens is 4. The second-order valence-electron chi connectivity index (χ2n) is 10.7. The zero-order valence-corrected chi connectivity index (χ0v) is 27.7. The highest BCUT2D eigenvalue weighted by Gasteiger charge is 2.21. The first-order valence-electron chi connectivity index (χ1n) is 15.6. The fourth-order valence-corrected chi connectivity index (χ4v) is 8.84. The maximum absolute atomic E-state index is 5.19. The van der Waals surface area contributed by atoms with E-state index in [1.807, 2.05) is 12.4 Å². The van der Waals surface area contributed by atoms with E-state index in [0.717, 1.165) is 32.9 Å². The van der Waals surface area contributed by atoms with Gasteiger partial charge in [-0.15, -0.1) is 45.3 Å². The summed E-state index contributed by atoms with van der Waals surface area (Å²) in [6, 6.07) is 0. The van der Waals surface area contributed by atoms with Gasteiger partial charge in [0.2, 0.25) is 0 Å². The van der Waals surface area contributed by atoms with Crippen LogP contribution in [0.1, 0.15) is 128 Å². The molecule has 218 valence electrons. The Labute approximate surface area is 257 Å². The minimum atomic E-state index is 1.02. The van der Waals surface area contributed by atoms with Gasteiger partial charge in [0.1, 0.15) is 10.0 Å². The lowest BCUT2D eigenvalue weighted by molar-refractivity contribution is 0.574. The van der Waals surface area contributed by atoms with Crippen LogP contribution in [0.5, 0.6) is 0 Å². The molecule has 0 bridgehead atoms. The zero-order valence-electron chi connectivity index (χ0n) is 24.5. The number of hydrogen-bond acceptors (Lipinski definition) is 8. The molecule has 0 spiro atoms. The molecule has 0 N–H and O–H groups in total. The third-order valence-corrected chi connectivity index (χ3v) is 11.6. The molecule has 0 radical (unpaired) electrons. The minimum absolute atomic E-state index is 1.02. The maximum Gasteiger partial charge on any atom is 0.153 e. The molecule has 4 aromatic rings. The lowest BCUT2D eigenvalue weighted by Crippen LogP contribution is -1.91. The second kappa shape index (κ2) is 18.1. The lowest BCUT2D eigenvalue weighted by atomic mass is 10.1. The molecule has 4 rings (SSSR count). The van der Waals surface area contributed by atoms with Crippen LogP contribution in [0.3, 0.4) is 0 Å². The molecule has 4 nitrogen and oxygen atoms in total. The van der Waals surface area contributed by atoms with Crippen LogP contribution in [0, 0.1) is 0 Å². The van der Waals surface area contributed by atoms with E-state index < -0.39 is 0 Å². The number of nitrogens with zero attached hydrogens (tertiary/aromatic N) is 4. The van der Waals surface area contributed by atoms with Crippen LogP contribution >= 0.6 is 45.3 Å². The van der Waals surface area contributed by atoms with Crippen molar-refractivity contribution in [1.82, 2.24) is 19.9 Å². The molecule has 0 saturated heterocycles. The Morgan fingerprint density at radius 3 is 1.20 bits per heavy atom. The summed E-state index contributed by atoms with van der Waals surface area (Å²) in [5, 5.41) is 8.42. The minimum Gasteiger partial charge on any atom is -0.244 e. The average molecular weight is 615 g/mol. The van der Waals surface area contributed by atoms with Gasteiger partial charge in [-0.05, 0) is 25.7 Å². The van der Waals surface area contributed by atoms with Gasteiger partial charge >= 0.3 is 0 Å².